The van der Waals surface area contributed by atoms with Crippen molar-refractivity contribution < 1.29 is 18.1 Å². The van der Waals surface area contributed by atoms with Crippen LogP contribution in [0, 0.1) is 10.1 Å². The van der Waals surface area contributed by atoms with Gasteiger partial charge in [-0.25, -0.2) is 8.42 Å². The Bertz CT molecular complexity index is 618. The van der Waals surface area contributed by atoms with Gasteiger partial charge < -0.3 is 4.74 Å². The Labute approximate surface area is 128 Å². The molecule has 0 aliphatic heterocycles. The molecule has 0 fully saturated rings. The van der Waals surface area contributed by atoms with E-state index in [1.807, 2.05) is 13.8 Å². The summed E-state index contributed by atoms with van der Waals surface area (Å²) in [7, 11) is -2.43. The van der Waals surface area contributed by atoms with Crippen LogP contribution in [0.3, 0.4) is 0 Å². The van der Waals surface area contributed by atoms with E-state index in [1.54, 1.807) is 0 Å². The molecule has 0 aromatic heterocycles. The summed E-state index contributed by atoms with van der Waals surface area (Å²) in [5.74, 6) is 0. The minimum Gasteiger partial charge on any atom is -0.377 e. The average molecular weight is 337 g/mol. The van der Waals surface area contributed by atoms with Crippen molar-refractivity contribution in [1.82, 2.24) is 4.31 Å². The quantitative estimate of drug-likeness (QED) is 0.563. The molecular formula is C12H17ClN2O5S. The van der Waals surface area contributed by atoms with Crippen LogP contribution >= 0.6 is 11.6 Å². The van der Waals surface area contributed by atoms with Crippen molar-refractivity contribution in [3.63, 3.8) is 0 Å². The summed E-state index contributed by atoms with van der Waals surface area (Å²) in [5.41, 5.74) is -0.440. The minimum absolute atomic E-state index is 0.00211. The molecule has 1 rings (SSSR count). The van der Waals surface area contributed by atoms with Crippen LogP contribution in [0.5, 0.6) is 0 Å². The van der Waals surface area contributed by atoms with Gasteiger partial charge in [0.25, 0.3) is 5.69 Å². The van der Waals surface area contributed by atoms with Gasteiger partial charge in [-0.15, -0.1) is 0 Å². The third kappa shape index (κ3) is 4.63. The van der Waals surface area contributed by atoms with Crippen LogP contribution in [0.15, 0.2) is 23.1 Å². The van der Waals surface area contributed by atoms with Crippen molar-refractivity contribution in [2.45, 2.75) is 24.8 Å². The van der Waals surface area contributed by atoms with Gasteiger partial charge in [0.15, 0.2) is 0 Å². The SMILES string of the molecule is CC(C)OCCN(C)S(=O)(=O)c1ccc(Cl)c([N+](=O)[O-])c1. The summed E-state index contributed by atoms with van der Waals surface area (Å²) in [5, 5.41) is 10.7. The van der Waals surface area contributed by atoms with Gasteiger partial charge in [-0.2, -0.15) is 4.31 Å². The van der Waals surface area contributed by atoms with Crippen LogP contribution in [-0.2, 0) is 14.8 Å². The molecule has 0 aliphatic carbocycles. The van der Waals surface area contributed by atoms with Crippen LogP contribution in [0.25, 0.3) is 0 Å². The number of hydrogen-bond donors (Lipinski definition) is 0. The number of nitro groups is 1. The zero-order valence-electron chi connectivity index (χ0n) is 11.9. The second-order valence-electron chi connectivity index (χ2n) is 4.62. The molecule has 0 N–H and O–H groups in total. The highest BCUT2D eigenvalue weighted by Crippen LogP contribution is 2.28. The normalized spacial score (nSPS) is 12.1. The van der Waals surface area contributed by atoms with E-state index in [4.69, 9.17) is 16.3 Å². The van der Waals surface area contributed by atoms with Gasteiger partial charge >= 0.3 is 0 Å². The van der Waals surface area contributed by atoms with Gasteiger partial charge in [0.2, 0.25) is 10.0 Å². The lowest BCUT2D eigenvalue weighted by atomic mass is 10.3. The smallest absolute Gasteiger partial charge is 0.289 e. The molecule has 1 aromatic carbocycles. The first-order valence-corrected chi connectivity index (χ1v) is 8.00. The van der Waals surface area contributed by atoms with E-state index in [2.05, 4.69) is 0 Å². The first-order chi connectivity index (χ1) is 9.66. The number of nitrogens with zero attached hydrogens (tertiary/aromatic N) is 2. The van der Waals surface area contributed by atoms with Crippen molar-refractivity contribution in [2.24, 2.45) is 0 Å². The topological polar surface area (TPSA) is 89.8 Å². The van der Waals surface area contributed by atoms with Crippen LogP contribution in [0.2, 0.25) is 5.02 Å². The lowest BCUT2D eigenvalue weighted by Crippen LogP contribution is -2.31. The van der Waals surface area contributed by atoms with E-state index in [-0.39, 0.29) is 29.2 Å². The second-order valence-corrected chi connectivity index (χ2v) is 7.07. The fourth-order valence-corrected chi connectivity index (χ4v) is 2.87. The van der Waals surface area contributed by atoms with E-state index in [0.29, 0.717) is 0 Å². The molecule has 0 atom stereocenters. The molecule has 7 nitrogen and oxygen atoms in total. The van der Waals surface area contributed by atoms with Crippen molar-refractivity contribution >= 4 is 27.3 Å². The maximum absolute atomic E-state index is 12.3. The van der Waals surface area contributed by atoms with Gasteiger partial charge in [0, 0.05) is 19.7 Å². The fraction of sp³-hybridized carbons (Fsp3) is 0.500. The Morgan fingerprint density at radius 2 is 2.05 bits per heavy atom. The van der Waals surface area contributed by atoms with Crippen LogP contribution < -0.4 is 0 Å². The number of hydrogen-bond acceptors (Lipinski definition) is 5. The van der Waals surface area contributed by atoms with E-state index in [9.17, 15) is 18.5 Å². The summed E-state index contributed by atoms with van der Waals surface area (Å²) in [6.45, 7) is 4.08. The van der Waals surface area contributed by atoms with Crippen molar-refractivity contribution in [2.75, 3.05) is 20.2 Å². The van der Waals surface area contributed by atoms with Gasteiger partial charge in [-0.3, -0.25) is 10.1 Å². The molecule has 0 saturated heterocycles. The lowest BCUT2D eigenvalue weighted by molar-refractivity contribution is -0.384. The Morgan fingerprint density at radius 3 is 2.57 bits per heavy atom. The molecule has 0 aliphatic rings. The summed E-state index contributed by atoms with van der Waals surface area (Å²) < 4.78 is 31.0. The molecule has 0 bridgehead atoms. The number of rotatable bonds is 7. The van der Waals surface area contributed by atoms with Crippen molar-refractivity contribution in [3.05, 3.63) is 33.3 Å². The van der Waals surface area contributed by atoms with Crippen LogP contribution in [0.4, 0.5) is 5.69 Å². The minimum atomic E-state index is -3.82. The first kappa shape index (κ1) is 17.8. The summed E-state index contributed by atoms with van der Waals surface area (Å²) in [4.78, 5) is 9.92. The van der Waals surface area contributed by atoms with E-state index >= 15 is 0 Å². The maximum Gasteiger partial charge on any atom is 0.289 e. The maximum atomic E-state index is 12.3. The van der Waals surface area contributed by atoms with Crippen LogP contribution in [0.1, 0.15) is 13.8 Å². The van der Waals surface area contributed by atoms with Gasteiger partial charge in [0.1, 0.15) is 5.02 Å². The van der Waals surface area contributed by atoms with Crippen molar-refractivity contribution in [1.29, 1.82) is 0 Å². The predicted molar refractivity (Wildman–Crippen MR) is 79.0 cm³/mol. The number of ether oxygens (including phenoxy) is 1. The van der Waals surface area contributed by atoms with Crippen molar-refractivity contribution in [3.8, 4) is 0 Å². The van der Waals surface area contributed by atoms with Gasteiger partial charge in [-0.05, 0) is 26.0 Å². The molecule has 0 heterocycles. The number of benzene rings is 1. The number of likely N-dealkylation sites (N-methyl/N-ethyl adjacent to an activating group) is 1. The molecule has 21 heavy (non-hydrogen) atoms. The molecule has 0 radical (unpaired) electrons. The highest BCUT2D eigenvalue weighted by molar-refractivity contribution is 7.89. The van der Waals surface area contributed by atoms with Gasteiger partial charge in [-0.1, -0.05) is 11.6 Å². The average Bonchev–Trinajstić information content (AvgIpc) is 2.37. The van der Waals surface area contributed by atoms with Gasteiger partial charge in [0.05, 0.1) is 22.5 Å². The molecule has 1 aromatic rings. The monoisotopic (exact) mass is 336 g/mol. The summed E-state index contributed by atoms with van der Waals surface area (Å²) >= 11 is 5.67. The number of sulfonamides is 1. The largest absolute Gasteiger partial charge is 0.377 e. The van der Waals surface area contributed by atoms with E-state index in [1.165, 1.54) is 19.2 Å². The Kier molecular flexibility index (Phi) is 6.09. The number of nitro benzene ring substituents is 1. The zero-order valence-corrected chi connectivity index (χ0v) is 13.5. The molecule has 118 valence electrons. The second kappa shape index (κ2) is 7.17. The molecule has 0 amide bonds. The highest BCUT2D eigenvalue weighted by atomic mass is 35.5. The Morgan fingerprint density at radius 1 is 1.43 bits per heavy atom. The first-order valence-electron chi connectivity index (χ1n) is 6.18. The lowest BCUT2D eigenvalue weighted by Gasteiger charge is -2.18. The molecule has 9 heteroatoms. The van der Waals surface area contributed by atoms with E-state index in [0.717, 1.165) is 10.4 Å². The number of halogens is 1. The summed E-state index contributed by atoms with van der Waals surface area (Å²) in [6.07, 6.45) is -0.00211. The predicted octanol–water partition coefficient (Wildman–Crippen LogP) is 2.29. The molecular weight excluding hydrogens is 320 g/mol. The third-order valence-electron chi connectivity index (χ3n) is 2.68. The third-order valence-corrected chi connectivity index (χ3v) is 4.85. The zero-order chi connectivity index (χ0) is 16.2. The molecule has 0 saturated carbocycles. The highest BCUT2D eigenvalue weighted by Gasteiger charge is 2.24. The molecule has 0 unspecified atom stereocenters. The Balaban J connectivity index is 2.97. The molecule has 0 spiro atoms. The standard InChI is InChI=1S/C12H17ClN2O5S/c1-9(2)20-7-6-14(3)21(18,19)10-4-5-11(13)12(8-10)15(16)17/h4-5,8-9H,6-7H2,1-3H3. The Hall–Kier alpha value is -1.22. The van der Waals surface area contributed by atoms with Crippen LogP contribution in [-0.4, -0.2) is 43.9 Å². The van der Waals surface area contributed by atoms with E-state index < -0.39 is 20.6 Å². The fourth-order valence-electron chi connectivity index (χ4n) is 1.51. The summed E-state index contributed by atoms with van der Waals surface area (Å²) in [6, 6.07) is 3.40.